The van der Waals surface area contributed by atoms with Crippen molar-refractivity contribution in [1.82, 2.24) is 10.2 Å². The highest BCUT2D eigenvalue weighted by molar-refractivity contribution is 5.25. The summed E-state index contributed by atoms with van der Waals surface area (Å²) in [6, 6.07) is 0.385. The van der Waals surface area contributed by atoms with E-state index in [1.807, 2.05) is 6.20 Å². The van der Waals surface area contributed by atoms with Crippen LogP contribution in [0.1, 0.15) is 31.0 Å². The van der Waals surface area contributed by atoms with Crippen molar-refractivity contribution in [2.24, 2.45) is 17.1 Å². The second-order valence-corrected chi connectivity index (χ2v) is 5.14. The van der Waals surface area contributed by atoms with Gasteiger partial charge in [0.15, 0.2) is 0 Å². The first-order chi connectivity index (χ1) is 6.70. The van der Waals surface area contributed by atoms with Crippen molar-refractivity contribution in [2.45, 2.75) is 38.6 Å². The molecule has 2 aliphatic carbocycles. The van der Waals surface area contributed by atoms with Gasteiger partial charge in [-0.1, -0.05) is 6.92 Å². The predicted molar refractivity (Wildman–Crippen MR) is 54.8 cm³/mol. The van der Waals surface area contributed by atoms with E-state index in [9.17, 15) is 0 Å². The monoisotopic (exact) mass is 191 g/mol. The van der Waals surface area contributed by atoms with E-state index in [1.54, 1.807) is 0 Å². The molecule has 1 aromatic heterocycles. The van der Waals surface area contributed by atoms with E-state index in [4.69, 9.17) is 5.73 Å². The SMILES string of the molecule is CC12Cc3cn[nH]c3CC1CC[C@H]2N. The van der Waals surface area contributed by atoms with Gasteiger partial charge in [0.1, 0.15) is 0 Å². The fraction of sp³-hybridized carbons (Fsp3) is 0.727. The molecule has 3 nitrogen and oxygen atoms in total. The van der Waals surface area contributed by atoms with Crippen LogP contribution in [0.5, 0.6) is 0 Å². The third kappa shape index (κ3) is 0.934. The molecular formula is C11H17N3. The van der Waals surface area contributed by atoms with E-state index >= 15 is 0 Å². The van der Waals surface area contributed by atoms with Crippen molar-refractivity contribution in [2.75, 3.05) is 0 Å². The van der Waals surface area contributed by atoms with Crippen LogP contribution in [0.4, 0.5) is 0 Å². The Labute approximate surface area is 84.1 Å². The van der Waals surface area contributed by atoms with Crippen LogP contribution in [-0.2, 0) is 12.8 Å². The molecule has 0 amide bonds. The Morgan fingerprint density at radius 2 is 2.43 bits per heavy atom. The van der Waals surface area contributed by atoms with E-state index in [0.717, 1.165) is 18.8 Å². The molecule has 1 fully saturated rings. The Hall–Kier alpha value is -0.830. The van der Waals surface area contributed by atoms with Crippen LogP contribution < -0.4 is 5.73 Å². The van der Waals surface area contributed by atoms with Crippen LogP contribution in [0.25, 0.3) is 0 Å². The largest absolute Gasteiger partial charge is 0.327 e. The molecule has 1 saturated carbocycles. The van der Waals surface area contributed by atoms with Gasteiger partial charge in [0.05, 0.1) is 6.20 Å². The number of H-pyrrole nitrogens is 1. The maximum Gasteiger partial charge on any atom is 0.0522 e. The molecule has 3 atom stereocenters. The Bertz CT molecular complexity index is 357. The summed E-state index contributed by atoms with van der Waals surface area (Å²) < 4.78 is 0. The number of hydrogen-bond acceptors (Lipinski definition) is 2. The van der Waals surface area contributed by atoms with Gasteiger partial charge in [-0.3, -0.25) is 5.10 Å². The van der Waals surface area contributed by atoms with Gasteiger partial charge in [0.2, 0.25) is 0 Å². The van der Waals surface area contributed by atoms with Crippen molar-refractivity contribution in [3.05, 3.63) is 17.5 Å². The van der Waals surface area contributed by atoms with Gasteiger partial charge >= 0.3 is 0 Å². The fourth-order valence-corrected chi connectivity index (χ4v) is 3.28. The van der Waals surface area contributed by atoms with Gasteiger partial charge in [-0.2, -0.15) is 5.10 Å². The summed E-state index contributed by atoms with van der Waals surface area (Å²) in [4.78, 5) is 0. The van der Waals surface area contributed by atoms with Crippen molar-refractivity contribution < 1.29 is 0 Å². The highest BCUT2D eigenvalue weighted by atomic mass is 15.1. The minimum atomic E-state index is 0.330. The first-order valence-corrected chi connectivity index (χ1v) is 5.47. The van der Waals surface area contributed by atoms with E-state index in [-0.39, 0.29) is 0 Å². The summed E-state index contributed by atoms with van der Waals surface area (Å²) in [5.41, 5.74) is 9.29. The van der Waals surface area contributed by atoms with Crippen molar-refractivity contribution >= 4 is 0 Å². The molecule has 2 aliphatic rings. The van der Waals surface area contributed by atoms with Gasteiger partial charge in [-0.05, 0) is 42.6 Å². The number of aromatic nitrogens is 2. The Morgan fingerprint density at radius 3 is 3.29 bits per heavy atom. The van der Waals surface area contributed by atoms with Crippen LogP contribution in [0.2, 0.25) is 0 Å². The average molecular weight is 191 g/mol. The quantitative estimate of drug-likeness (QED) is 0.648. The number of nitrogens with zero attached hydrogens (tertiary/aromatic N) is 1. The van der Waals surface area contributed by atoms with E-state index in [1.165, 1.54) is 24.1 Å². The molecule has 0 spiro atoms. The minimum Gasteiger partial charge on any atom is -0.327 e. The number of nitrogens with one attached hydrogen (secondary N) is 1. The zero-order chi connectivity index (χ0) is 9.76. The zero-order valence-electron chi connectivity index (χ0n) is 8.59. The molecule has 14 heavy (non-hydrogen) atoms. The molecule has 0 radical (unpaired) electrons. The Kier molecular flexibility index (Phi) is 1.57. The zero-order valence-corrected chi connectivity index (χ0v) is 8.59. The number of hydrogen-bond donors (Lipinski definition) is 2. The molecule has 76 valence electrons. The van der Waals surface area contributed by atoms with E-state index in [2.05, 4.69) is 17.1 Å². The van der Waals surface area contributed by atoms with E-state index in [0.29, 0.717) is 11.5 Å². The average Bonchev–Trinajstić information content (AvgIpc) is 2.69. The van der Waals surface area contributed by atoms with Gasteiger partial charge in [0, 0.05) is 11.7 Å². The third-order valence-corrected chi connectivity index (χ3v) is 4.44. The maximum atomic E-state index is 6.22. The lowest BCUT2D eigenvalue weighted by molar-refractivity contribution is 0.185. The van der Waals surface area contributed by atoms with Crippen LogP contribution in [0, 0.1) is 11.3 Å². The number of fused-ring (bicyclic) bond motifs is 2. The molecule has 0 aromatic carbocycles. The fourth-order valence-electron chi connectivity index (χ4n) is 3.28. The molecule has 3 rings (SSSR count). The normalized spacial score (nSPS) is 40.7. The number of rotatable bonds is 0. The third-order valence-electron chi connectivity index (χ3n) is 4.44. The molecule has 3 heteroatoms. The summed E-state index contributed by atoms with van der Waals surface area (Å²) in [5, 5.41) is 7.23. The maximum absolute atomic E-state index is 6.22. The highest BCUT2D eigenvalue weighted by Gasteiger charge is 2.47. The lowest BCUT2D eigenvalue weighted by Gasteiger charge is -2.38. The molecule has 0 bridgehead atoms. The molecule has 2 unspecified atom stereocenters. The number of aromatic amines is 1. The molecule has 1 aromatic rings. The van der Waals surface area contributed by atoms with Crippen LogP contribution in [0.15, 0.2) is 6.20 Å². The lowest BCUT2D eigenvalue weighted by Crippen LogP contribution is -2.43. The standard InChI is InChI=1S/C11H17N3/c1-11-5-7-6-13-14-9(7)4-8(11)2-3-10(11)12/h6,8,10H,2-5,12H2,1H3,(H,13,14)/t8?,10-,11?/m1/s1. The molecule has 3 N–H and O–H groups in total. The van der Waals surface area contributed by atoms with Crippen LogP contribution in [0.3, 0.4) is 0 Å². The van der Waals surface area contributed by atoms with Crippen LogP contribution in [-0.4, -0.2) is 16.2 Å². The highest BCUT2D eigenvalue weighted by Crippen LogP contribution is 2.49. The Balaban J connectivity index is 2.02. The first kappa shape index (κ1) is 8.48. The second kappa shape index (κ2) is 2.60. The van der Waals surface area contributed by atoms with Crippen molar-refractivity contribution in [1.29, 1.82) is 0 Å². The smallest absolute Gasteiger partial charge is 0.0522 e. The van der Waals surface area contributed by atoms with Crippen molar-refractivity contribution in [3.63, 3.8) is 0 Å². The number of nitrogens with two attached hydrogens (primary N) is 1. The second-order valence-electron chi connectivity index (χ2n) is 5.14. The summed E-state index contributed by atoms with van der Waals surface area (Å²) in [6.07, 6.45) is 6.72. The summed E-state index contributed by atoms with van der Waals surface area (Å²) in [7, 11) is 0. The topological polar surface area (TPSA) is 54.7 Å². The van der Waals surface area contributed by atoms with Crippen LogP contribution >= 0.6 is 0 Å². The van der Waals surface area contributed by atoms with Gasteiger partial charge in [-0.15, -0.1) is 0 Å². The van der Waals surface area contributed by atoms with Gasteiger partial charge in [-0.25, -0.2) is 0 Å². The summed E-state index contributed by atoms with van der Waals surface area (Å²) in [6.45, 7) is 2.35. The summed E-state index contributed by atoms with van der Waals surface area (Å²) >= 11 is 0. The molecule has 1 heterocycles. The minimum absolute atomic E-state index is 0.330. The molecule has 0 saturated heterocycles. The summed E-state index contributed by atoms with van der Waals surface area (Å²) in [5.74, 6) is 0.769. The van der Waals surface area contributed by atoms with E-state index < -0.39 is 0 Å². The molecular weight excluding hydrogens is 174 g/mol. The van der Waals surface area contributed by atoms with Crippen molar-refractivity contribution in [3.8, 4) is 0 Å². The van der Waals surface area contributed by atoms with Gasteiger partial charge in [0.25, 0.3) is 0 Å². The molecule has 0 aliphatic heterocycles. The lowest BCUT2D eigenvalue weighted by atomic mass is 9.67. The van der Waals surface area contributed by atoms with Gasteiger partial charge < -0.3 is 5.73 Å². The first-order valence-electron chi connectivity index (χ1n) is 5.47. The Morgan fingerprint density at radius 1 is 1.57 bits per heavy atom. The predicted octanol–water partition coefficient (Wildman–Crippen LogP) is 1.25.